The van der Waals surface area contributed by atoms with Crippen molar-refractivity contribution in [3.63, 3.8) is 0 Å². The fourth-order valence-electron chi connectivity index (χ4n) is 5.00. The zero-order valence-corrected chi connectivity index (χ0v) is 25.1. The van der Waals surface area contributed by atoms with Crippen molar-refractivity contribution >= 4 is 23.1 Å². The Kier molecular flexibility index (Phi) is 11.7. The normalized spacial score (nSPS) is 11.2. The van der Waals surface area contributed by atoms with Gasteiger partial charge < -0.3 is 5.32 Å². The first-order valence-corrected chi connectivity index (χ1v) is 15.0. The highest BCUT2D eigenvalue weighted by Gasteiger charge is 2.33. The van der Waals surface area contributed by atoms with E-state index < -0.39 is 17.6 Å². The van der Waals surface area contributed by atoms with Crippen LogP contribution >= 0.6 is 0 Å². The average Bonchev–Trinajstić information content (AvgIpc) is 3.44. The SMILES string of the molecule is Cc1ccc(C(=O)Nc2ccc(CCCCCCCCCCC(=O)NO)c(C(F)(F)F)c2)cc1C#Cc1cnc2cccnn12. The quantitative estimate of drug-likeness (QED) is 0.0632. The van der Waals surface area contributed by atoms with Crippen molar-refractivity contribution in [2.75, 3.05) is 5.32 Å². The number of alkyl halides is 3. The van der Waals surface area contributed by atoms with Crippen LogP contribution in [0.5, 0.6) is 0 Å². The predicted octanol–water partition coefficient (Wildman–Crippen LogP) is 7.27. The Hall–Kier alpha value is -4.69. The molecule has 0 aliphatic carbocycles. The fraction of sp³-hybridized carbons (Fsp3) is 0.353. The van der Waals surface area contributed by atoms with E-state index in [9.17, 15) is 22.8 Å². The zero-order valence-electron chi connectivity index (χ0n) is 25.1. The third-order valence-electron chi connectivity index (χ3n) is 7.50. The topological polar surface area (TPSA) is 109 Å². The second-order valence-electron chi connectivity index (χ2n) is 10.9. The largest absolute Gasteiger partial charge is 0.416 e. The van der Waals surface area contributed by atoms with Gasteiger partial charge in [0.1, 0.15) is 5.69 Å². The number of fused-ring (bicyclic) bond motifs is 1. The van der Waals surface area contributed by atoms with Gasteiger partial charge in [0.2, 0.25) is 5.91 Å². The first-order chi connectivity index (χ1) is 21.7. The third kappa shape index (κ3) is 9.65. The second-order valence-corrected chi connectivity index (χ2v) is 10.9. The van der Waals surface area contributed by atoms with Crippen LogP contribution in [0.15, 0.2) is 60.9 Å². The van der Waals surface area contributed by atoms with Gasteiger partial charge in [-0.25, -0.2) is 15.0 Å². The molecule has 0 fully saturated rings. The molecule has 3 N–H and O–H groups in total. The van der Waals surface area contributed by atoms with Crippen LogP contribution in [0.2, 0.25) is 0 Å². The number of unbranched alkanes of at least 4 members (excludes halogenated alkanes) is 7. The number of anilines is 1. The van der Waals surface area contributed by atoms with Gasteiger partial charge in [-0.2, -0.15) is 18.3 Å². The molecule has 0 bridgehead atoms. The Morgan fingerprint density at radius 1 is 0.933 bits per heavy atom. The van der Waals surface area contributed by atoms with Crippen LogP contribution in [0.3, 0.4) is 0 Å². The number of hydrogen-bond acceptors (Lipinski definition) is 5. The molecule has 2 aromatic carbocycles. The Morgan fingerprint density at radius 2 is 1.67 bits per heavy atom. The lowest BCUT2D eigenvalue weighted by atomic mass is 9.99. The maximum absolute atomic E-state index is 14.0. The van der Waals surface area contributed by atoms with E-state index in [1.807, 2.05) is 13.0 Å². The molecule has 11 heteroatoms. The van der Waals surface area contributed by atoms with Gasteiger partial charge in [0.25, 0.3) is 5.91 Å². The number of carbonyl (C=O) groups is 2. The lowest BCUT2D eigenvalue weighted by Gasteiger charge is -2.15. The van der Waals surface area contributed by atoms with E-state index >= 15 is 0 Å². The van der Waals surface area contributed by atoms with Gasteiger partial charge in [-0.15, -0.1) is 0 Å². The highest BCUT2D eigenvalue weighted by molar-refractivity contribution is 6.04. The smallest absolute Gasteiger partial charge is 0.322 e. The maximum Gasteiger partial charge on any atom is 0.416 e. The molecule has 8 nitrogen and oxygen atoms in total. The summed E-state index contributed by atoms with van der Waals surface area (Å²) in [6.45, 7) is 1.86. The van der Waals surface area contributed by atoms with Crippen LogP contribution in [0.1, 0.15) is 96.1 Å². The predicted molar refractivity (Wildman–Crippen MR) is 165 cm³/mol. The van der Waals surface area contributed by atoms with E-state index in [4.69, 9.17) is 5.21 Å². The van der Waals surface area contributed by atoms with Crippen molar-refractivity contribution in [1.29, 1.82) is 0 Å². The summed E-state index contributed by atoms with van der Waals surface area (Å²) in [5.41, 5.74) is 4.10. The summed E-state index contributed by atoms with van der Waals surface area (Å²) in [6, 6.07) is 12.5. The van der Waals surface area contributed by atoms with Gasteiger partial charge in [-0.05, 0) is 79.6 Å². The molecule has 2 aromatic heterocycles. The number of hydroxylamine groups is 1. The molecule has 0 aliphatic rings. The van der Waals surface area contributed by atoms with E-state index in [-0.39, 0.29) is 22.7 Å². The summed E-state index contributed by atoms with van der Waals surface area (Å²) < 4.78 is 43.5. The van der Waals surface area contributed by atoms with Gasteiger partial charge in [0.15, 0.2) is 5.65 Å². The Labute approximate surface area is 260 Å². The summed E-state index contributed by atoms with van der Waals surface area (Å²) in [5, 5.41) is 15.3. The van der Waals surface area contributed by atoms with E-state index in [1.54, 1.807) is 46.7 Å². The number of benzene rings is 2. The molecule has 0 saturated heterocycles. The molecule has 0 aliphatic heterocycles. The number of carbonyl (C=O) groups excluding carboxylic acids is 2. The molecule has 0 spiro atoms. The fourth-order valence-corrected chi connectivity index (χ4v) is 5.00. The van der Waals surface area contributed by atoms with Crippen molar-refractivity contribution in [1.82, 2.24) is 20.1 Å². The van der Waals surface area contributed by atoms with Gasteiger partial charge in [0, 0.05) is 29.4 Å². The molecule has 0 saturated carbocycles. The monoisotopic (exact) mass is 619 g/mol. The molecule has 2 heterocycles. The van der Waals surface area contributed by atoms with Crippen LogP contribution in [0.4, 0.5) is 18.9 Å². The summed E-state index contributed by atoms with van der Waals surface area (Å²) >= 11 is 0. The average molecular weight is 620 g/mol. The minimum atomic E-state index is -4.55. The van der Waals surface area contributed by atoms with E-state index in [0.717, 1.165) is 50.2 Å². The lowest BCUT2D eigenvalue weighted by molar-refractivity contribution is -0.138. The van der Waals surface area contributed by atoms with Gasteiger partial charge in [-0.1, -0.05) is 56.6 Å². The standard InChI is InChI=1S/C34H36F3N5O3/c1-24-14-15-27(21-26(24)17-19-29-23-38-31-12-10-20-39-42(29)31)33(44)40-28-18-16-25(30(22-28)34(35,36)37)11-8-6-4-2-3-5-7-9-13-32(43)41-45/h10,12,14-16,18,20-23,45H,2-9,11,13H2,1H3,(H,40,44)(H,41,43). The number of aromatic nitrogens is 3. The van der Waals surface area contributed by atoms with Crippen molar-refractivity contribution in [3.05, 3.63) is 94.4 Å². The molecule has 45 heavy (non-hydrogen) atoms. The summed E-state index contributed by atoms with van der Waals surface area (Å²) in [6.07, 6.45) is 6.21. The van der Waals surface area contributed by atoms with Crippen molar-refractivity contribution in [2.24, 2.45) is 0 Å². The number of hydrogen-bond donors (Lipinski definition) is 3. The van der Waals surface area contributed by atoms with Crippen LogP contribution < -0.4 is 10.8 Å². The molecule has 0 unspecified atom stereocenters. The molecule has 4 aromatic rings. The van der Waals surface area contributed by atoms with Gasteiger partial charge in [-0.3, -0.25) is 14.8 Å². The number of halogens is 3. The molecular formula is C34H36F3N5O3. The number of nitrogens with one attached hydrogen (secondary N) is 2. The third-order valence-corrected chi connectivity index (χ3v) is 7.50. The zero-order chi connectivity index (χ0) is 32.2. The van der Waals surface area contributed by atoms with Crippen LogP contribution in [0.25, 0.3) is 5.65 Å². The van der Waals surface area contributed by atoms with E-state index in [1.165, 1.54) is 12.1 Å². The summed E-state index contributed by atoms with van der Waals surface area (Å²) in [7, 11) is 0. The molecule has 236 valence electrons. The van der Waals surface area contributed by atoms with Crippen molar-refractivity contribution in [2.45, 2.75) is 77.3 Å². The first kappa shape index (κ1) is 33.2. The van der Waals surface area contributed by atoms with Gasteiger partial charge >= 0.3 is 6.18 Å². The lowest BCUT2D eigenvalue weighted by Crippen LogP contribution is -2.17. The number of aryl methyl sites for hydroxylation is 2. The van der Waals surface area contributed by atoms with Crippen LogP contribution in [0, 0.1) is 18.8 Å². The molecular weight excluding hydrogens is 583 g/mol. The number of nitrogens with zero attached hydrogens (tertiary/aromatic N) is 3. The maximum atomic E-state index is 14.0. The molecule has 0 radical (unpaired) electrons. The number of imidazole rings is 1. The van der Waals surface area contributed by atoms with E-state index in [2.05, 4.69) is 27.2 Å². The number of amides is 2. The van der Waals surface area contributed by atoms with Crippen molar-refractivity contribution in [3.8, 4) is 11.8 Å². The minimum Gasteiger partial charge on any atom is -0.322 e. The van der Waals surface area contributed by atoms with E-state index in [0.29, 0.717) is 42.6 Å². The Balaban J connectivity index is 1.33. The van der Waals surface area contributed by atoms with Crippen LogP contribution in [-0.4, -0.2) is 31.6 Å². The van der Waals surface area contributed by atoms with Gasteiger partial charge in [0.05, 0.1) is 11.8 Å². The second kappa shape index (κ2) is 15.9. The summed E-state index contributed by atoms with van der Waals surface area (Å²) in [5.74, 6) is 5.16. The summed E-state index contributed by atoms with van der Waals surface area (Å²) in [4.78, 5) is 28.3. The Bertz CT molecular complexity index is 1690. The highest BCUT2D eigenvalue weighted by atomic mass is 19.4. The van der Waals surface area contributed by atoms with Crippen LogP contribution in [-0.2, 0) is 17.4 Å². The Morgan fingerprint density at radius 3 is 2.40 bits per heavy atom. The molecule has 0 atom stereocenters. The molecule has 2 amide bonds. The number of rotatable bonds is 13. The minimum absolute atomic E-state index is 0.0672. The highest BCUT2D eigenvalue weighted by Crippen LogP contribution is 2.35. The molecule has 4 rings (SSSR count). The first-order valence-electron chi connectivity index (χ1n) is 15.0. The van der Waals surface area contributed by atoms with Crippen molar-refractivity contribution < 1.29 is 28.0 Å².